The van der Waals surface area contributed by atoms with Crippen LogP contribution in [-0.2, 0) is 0 Å². The van der Waals surface area contributed by atoms with Gasteiger partial charge in [0.15, 0.2) is 5.58 Å². The Morgan fingerprint density at radius 3 is 2.85 bits per heavy atom. The summed E-state index contributed by atoms with van der Waals surface area (Å²) < 4.78 is 5.23. The number of aromatic nitrogens is 1. The molecule has 0 fully saturated rings. The third kappa shape index (κ3) is 1.37. The number of rotatable bonds is 1. The fraction of sp³-hybridized carbons (Fsp3) is 0.300. The maximum absolute atomic E-state index is 5.44. The molecule has 0 atom stereocenters. The van der Waals surface area contributed by atoms with Gasteiger partial charge < -0.3 is 10.2 Å². The highest BCUT2D eigenvalue weighted by Crippen LogP contribution is 2.22. The van der Waals surface area contributed by atoms with Crippen molar-refractivity contribution < 1.29 is 4.42 Å². The quantitative estimate of drug-likeness (QED) is 0.726. The Bertz CT molecular complexity index is 431. The molecule has 3 nitrogen and oxygen atoms in total. The normalized spacial score (nSPS) is 11.3. The third-order valence-corrected chi connectivity index (χ3v) is 2.10. The smallest absolute Gasteiger partial charge is 0.292 e. The Kier molecular flexibility index (Phi) is 1.72. The van der Waals surface area contributed by atoms with Crippen LogP contribution in [0.15, 0.2) is 22.6 Å². The van der Waals surface area contributed by atoms with Crippen LogP contribution in [0.2, 0.25) is 0 Å². The molecule has 0 saturated heterocycles. The molecule has 0 aliphatic carbocycles. The van der Waals surface area contributed by atoms with E-state index >= 15 is 0 Å². The highest BCUT2D eigenvalue weighted by molar-refractivity contribution is 5.75. The molecule has 1 aromatic heterocycles. The molecule has 1 aromatic carbocycles. The van der Waals surface area contributed by atoms with E-state index < -0.39 is 0 Å². The Morgan fingerprint density at radius 1 is 1.38 bits per heavy atom. The molecular weight excluding hydrogens is 164 g/mol. The molecule has 68 valence electrons. The van der Waals surface area contributed by atoms with E-state index in [9.17, 15) is 0 Å². The molecule has 2 N–H and O–H groups in total. The van der Waals surface area contributed by atoms with E-state index in [1.54, 1.807) is 0 Å². The second kappa shape index (κ2) is 2.76. The van der Waals surface area contributed by atoms with Crippen molar-refractivity contribution in [2.45, 2.75) is 19.8 Å². The lowest BCUT2D eigenvalue weighted by Gasteiger charge is -2.02. The molecule has 0 aliphatic rings. The summed E-state index contributed by atoms with van der Waals surface area (Å²) >= 11 is 0. The number of hydrogen-bond donors (Lipinski definition) is 1. The van der Waals surface area contributed by atoms with Gasteiger partial charge in [-0.25, -0.2) is 0 Å². The molecule has 0 radical (unpaired) electrons. The van der Waals surface area contributed by atoms with Crippen LogP contribution in [0.3, 0.4) is 0 Å². The van der Waals surface area contributed by atoms with Crippen LogP contribution in [0.5, 0.6) is 0 Å². The van der Waals surface area contributed by atoms with E-state index in [1.165, 1.54) is 5.56 Å². The predicted molar refractivity (Wildman–Crippen MR) is 52.5 cm³/mol. The molecule has 2 aromatic rings. The lowest BCUT2D eigenvalue weighted by atomic mass is 10.0. The molecule has 13 heavy (non-hydrogen) atoms. The fourth-order valence-electron chi connectivity index (χ4n) is 1.32. The first-order chi connectivity index (χ1) is 6.16. The maximum atomic E-state index is 5.44. The van der Waals surface area contributed by atoms with Crippen LogP contribution in [-0.4, -0.2) is 4.98 Å². The number of nitrogens with two attached hydrogens (primary N) is 1. The Labute approximate surface area is 76.6 Å². The van der Waals surface area contributed by atoms with Crippen LogP contribution in [0, 0.1) is 0 Å². The van der Waals surface area contributed by atoms with Crippen LogP contribution in [0.25, 0.3) is 11.1 Å². The highest BCUT2D eigenvalue weighted by Gasteiger charge is 2.05. The van der Waals surface area contributed by atoms with E-state index in [-0.39, 0.29) is 6.01 Å². The summed E-state index contributed by atoms with van der Waals surface area (Å²) in [5.41, 5.74) is 8.27. The number of oxazole rings is 1. The summed E-state index contributed by atoms with van der Waals surface area (Å²) in [5.74, 6) is 0.496. The van der Waals surface area contributed by atoms with Gasteiger partial charge in [0, 0.05) is 0 Å². The van der Waals surface area contributed by atoms with Gasteiger partial charge in [0.1, 0.15) is 5.52 Å². The van der Waals surface area contributed by atoms with Crippen LogP contribution in [0.4, 0.5) is 6.01 Å². The van der Waals surface area contributed by atoms with Gasteiger partial charge in [0.2, 0.25) is 0 Å². The van der Waals surface area contributed by atoms with Gasteiger partial charge >= 0.3 is 0 Å². The molecule has 1 heterocycles. The van der Waals surface area contributed by atoms with Crippen molar-refractivity contribution in [3.63, 3.8) is 0 Å². The zero-order valence-corrected chi connectivity index (χ0v) is 7.74. The molecular formula is C10H12N2O. The monoisotopic (exact) mass is 176 g/mol. The molecule has 3 heteroatoms. The van der Waals surface area contributed by atoms with Gasteiger partial charge in [-0.2, -0.15) is 4.98 Å². The lowest BCUT2D eigenvalue weighted by molar-refractivity contribution is 0.625. The summed E-state index contributed by atoms with van der Waals surface area (Å²) in [5, 5.41) is 0. The largest absolute Gasteiger partial charge is 0.424 e. The molecule has 2 rings (SSSR count). The van der Waals surface area contributed by atoms with Crippen molar-refractivity contribution in [2.75, 3.05) is 5.73 Å². The van der Waals surface area contributed by atoms with Crippen molar-refractivity contribution in [1.29, 1.82) is 0 Å². The number of nitrogens with zero attached hydrogens (tertiary/aromatic N) is 1. The summed E-state index contributed by atoms with van der Waals surface area (Å²) in [6.07, 6.45) is 0. The minimum atomic E-state index is 0.232. The summed E-state index contributed by atoms with van der Waals surface area (Å²) in [7, 11) is 0. The molecule has 0 unspecified atom stereocenters. The van der Waals surface area contributed by atoms with E-state index in [1.807, 2.05) is 12.1 Å². The molecule has 0 aliphatic heterocycles. The average Bonchev–Trinajstić information content (AvgIpc) is 2.42. The van der Waals surface area contributed by atoms with Crippen molar-refractivity contribution in [1.82, 2.24) is 4.98 Å². The topological polar surface area (TPSA) is 52.0 Å². The van der Waals surface area contributed by atoms with E-state index in [4.69, 9.17) is 10.2 Å². The third-order valence-electron chi connectivity index (χ3n) is 2.10. The maximum Gasteiger partial charge on any atom is 0.292 e. The van der Waals surface area contributed by atoms with Crippen molar-refractivity contribution in [3.8, 4) is 0 Å². The van der Waals surface area contributed by atoms with Crippen LogP contribution >= 0.6 is 0 Å². The SMILES string of the molecule is CC(C)c1ccc2nc(N)oc2c1. The van der Waals surface area contributed by atoms with Gasteiger partial charge in [-0.15, -0.1) is 0 Å². The van der Waals surface area contributed by atoms with Crippen molar-refractivity contribution in [3.05, 3.63) is 23.8 Å². The Morgan fingerprint density at radius 2 is 2.15 bits per heavy atom. The van der Waals surface area contributed by atoms with Gasteiger partial charge in [-0.05, 0) is 23.6 Å². The highest BCUT2D eigenvalue weighted by atomic mass is 16.4. The number of anilines is 1. The molecule has 0 bridgehead atoms. The molecule has 0 saturated carbocycles. The first kappa shape index (κ1) is 8.10. The zero-order chi connectivity index (χ0) is 9.42. The van der Waals surface area contributed by atoms with Gasteiger partial charge in [-0.3, -0.25) is 0 Å². The number of benzene rings is 1. The standard InChI is InChI=1S/C10H12N2O/c1-6(2)7-3-4-8-9(5-7)13-10(11)12-8/h3-6H,1-2H3,(H2,11,12). The van der Waals surface area contributed by atoms with Gasteiger partial charge in [-0.1, -0.05) is 19.9 Å². The first-order valence-corrected chi connectivity index (χ1v) is 4.33. The van der Waals surface area contributed by atoms with E-state index in [0.29, 0.717) is 5.92 Å². The minimum Gasteiger partial charge on any atom is -0.424 e. The second-order valence-corrected chi connectivity index (χ2v) is 3.43. The average molecular weight is 176 g/mol. The summed E-state index contributed by atoms with van der Waals surface area (Å²) in [4.78, 5) is 4.02. The van der Waals surface area contributed by atoms with Crippen molar-refractivity contribution in [2.24, 2.45) is 0 Å². The summed E-state index contributed by atoms with van der Waals surface area (Å²) in [6, 6.07) is 6.21. The number of hydrogen-bond acceptors (Lipinski definition) is 3. The van der Waals surface area contributed by atoms with Crippen LogP contribution < -0.4 is 5.73 Å². The summed E-state index contributed by atoms with van der Waals surface area (Å²) in [6.45, 7) is 4.28. The predicted octanol–water partition coefficient (Wildman–Crippen LogP) is 2.53. The Balaban J connectivity index is 2.61. The van der Waals surface area contributed by atoms with Crippen molar-refractivity contribution >= 4 is 17.1 Å². The minimum absolute atomic E-state index is 0.232. The zero-order valence-electron chi connectivity index (χ0n) is 7.74. The van der Waals surface area contributed by atoms with Gasteiger partial charge in [0.25, 0.3) is 6.01 Å². The Hall–Kier alpha value is -1.51. The number of fused-ring (bicyclic) bond motifs is 1. The van der Waals surface area contributed by atoms with Gasteiger partial charge in [0.05, 0.1) is 0 Å². The first-order valence-electron chi connectivity index (χ1n) is 4.33. The molecule has 0 amide bonds. The van der Waals surface area contributed by atoms with E-state index in [2.05, 4.69) is 24.9 Å². The fourth-order valence-corrected chi connectivity index (χ4v) is 1.32. The molecule has 0 spiro atoms. The lowest BCUT2D eigenvalue weighted by Crippen LogP contribution is -1.85. The number of nitrogen functional groups attached to an aromatic ring is 1. The van der Waals surface area contributed by atoms with E-state index in [0.717, 1.165) is 11.1 Å². The van der Waals surface area contributed by atoms with Crippen LogP contribution in [0.1, 0.15) is 25.3 Å². The second-order valence-electron chi connectivity index (χ2n) is 3.43.